The third-order valence-electron chi connectivity index (χ3n) is 5.84. The van der Waals surface area contributed by atoms with Crippen molar-refractivity contribution in [2.75, 3.05) is 13.2 Å². The van der Waals surface area contributed by atoms with Crippen molar-refractivity contribution in [3.05, 3.63) is 95.1 Å². The number of aliphatic hydroxyl groups is 1. The van der Waals surface area contributed by atoms with Crippen LogP contribution in [0.25, 0.3) is 11.1 Å². The molecule has 154 valence electrons. The van der Waals surface area contributed by atoms with Crippen LogP contribution in [0.1, 0.15) is 47.6 Å². The van der Waals surface area contributed by atoms with Crippen LogP contribution in [0, 0.1) is 0 Å². The molecular formula is C26H27NO3. The number of carbonyl (C=O) groups excluding carboxylic acids is 1. The summed E-state index contributed by atoms with van der Waals surface area (Å²) in [5.41, 5.74) is 6.99. The van der Waals surface area contributed by atoms with Gasteiger partial charge in [0, 0.05) is 12.5 Å². The van der Waals surface area contributed by atoms with E-state index in [2.05, 4.69) is 48.6 Å². The predicted molar refractivity (Wildman–Crippen MR) is 118 cm³/mol. The Balaban J connectivity index is 1.45. The highest BCUT2D eigenvalue weighted by atomic mass is 16.5. The van der Waals surface area contributed by atoms with Crippen LogP contribution >= 0.6 is 0 Å². The normalized spacial score (nSPS) is 13.4. The number of aryl methyl sites for hydroxylation is 1. The SMILES string of the molecule is CCc1ccc(C(CCO)NC(=O)OCC2c3ccccc3-c3ccccc32)cc1. The molecule has 0 bridgehead atoms. The highest BCUT2D eigenvalue weighted by molar-refractivity contribution is 5.79. The van der Waals surface area contributed by atoms with E-state index < -0.39 is 6.09 Å². The first-order valence-corrected chi connectivity index (χ1v) is 10.5. The Morgan fingerprint density at radius 3 is 2.13 bits per heavy atom. The standard InChI is InChI=1S/C26H27NO3/c1-2-18-11-13-19(14-12-18)25(15-16-28)27-26(29)30-17-24-22-9-5-3-7-20(22)21-8-4-6-10-23(21)24/h3-14,24-25,28H,2,15-17H2,1H3,(H,27,29). The van der Waals surface area contributed by atoms with E-state index in [4.69, 9.17) is 4.74 Å². The average Bonchev–Trinajstić information content (AvgIpc) is 3.11. The zero-order valence-corrected chi connectivity index (χ0v) is 17.2. The Kier molecular flexibility index (Phi) is 6.15. The fourth-order valence-electron chi connectivity index (χ4n) is 4.22. The summed E-state index contributed by atoms with van der Waals surface area (Å²) in [6.45, 7) is 2.37. The lowest BCUT2D eigenvalue weighted by atomic mass is 9.98. The summed E-state index contributed by atoms with van der Waals surface area (Å²) in [5.74, 6) is 0.0308. The van der Waals surface area contributed by atoms with Gasteiger partial charge in [-0.3, -0.25) is 0 Å². The van der Waals surface area contributed by atoms with Crippen molar-refractivity contribution in [3.8, 4) is 11.1 Å². The number of hydrogen-bond donors (Lipinski definition) is 2. The van der Waals surface area contributed by atoms with E-state index in [0.29, 0.717) is 6.42 Å². The molecule has 0 saturated carbocycles. The number of carbonyl (C=O) groups is 1. The van der Waals surface area contributed by atoms with Gasteiger partial charge in [-0.2, -0.15) is 0 Å². The smallest absolute Gasteiger partial charge is 0.407 e. The van der Waals surface area contributed by atoms with Crippen LogP contribution in [0.2, 0.25) is 0 Å². The van der Waals surface area contributed by atoms with Crippen molar-refractivity contribution in [2.45, 2.75) is 31.7 Å². The lowest BCUT2D eigenvalue weighted by Crippen LogP contribution is -2.31. The van der Waals surface area contributed by atoms with Crippen LogP contribution in [-0.4, -0.2) is 24.4 Å². The van der Waals surface area contributed by atoms with E-state index in [1.807, 2.05) is 36.4 Å². The summed E-state index contributed by atoms with van der Waals surface area (Å²) >= 11 is 0. The number of rotatable bonds is 7. The minimum Gasteiger partial charge on any atom is -0.449 e. The van der Waals surface area contributed by atoms with E-state index in [-0.39, 0.29) is 25.2 Å². The summed E-state index contributed by atoms with van der Waals surface area (Å²) in [5, 5.41) is 12.4. The lowest BCUT2D eigenvalue weighted by molar-refractivity contribution is 0.136. The average molecular weight is 402 g/mol. The second-order valence-electron chi connectivity index (χ2n) is 7.63. The zero-order valence-electron chi connectivity index (χ0n) is 17.2. The van der Waals surface area contributed by atoms with E-state index in [1.165, 1.54) is 27.8 Å². The molecule has 1 unspecified atom stereocenters. The van der Waals surface area contributed by atoms with Crippen LogP contribution in [-0.2, 0) is 11.2 Å². The number of hydrogen-bond acceptors (Lipinski definition) is 3. The topological polar surface area (TPSA) is 58.6 Å². The second kappa shape index (κ2) is 9.14. The van der Waals surface area contributed by atoms with E-state index >= 15 is 0 Å². The lowest BCUT2D eigenvalue weighted by Gasteiger charge is -2.20. The van der Waals surface area contributed by atoms with Crippen molar-refractivity contribution in [1.82, 2.24) is 5.32 Å². The molecule has 0 fully saturated rings. The molecule has 2 N–H and O–H groups in total. The number of fused-ring (bicyclic) bond motifs is 3. The largest absolute Gasteiger partial charge is 0.449 e. The van der Waals surface area contributed by atoms with Crippen LogP contribution in [0.3, 0.4) is 0 Å². The number of aliphatic hydroxyl groups excluding tert-OH is 1. The number of ether oxygens (including phenoxy) is 1. The maximum Gasteiger partial charge on any atom is 0.407 e. The Morgan fingerprint density at radius 2 is 1.57 bits per heavy atom. The quantitative estimate of drug-likeness (QED) is 0.571. The molecule has 0 aliphatic heterocycles. The maximum absolute atomic E-state index is 12.6. The second-order valence-corrected chi connectivity index (χ2v) is 7.63. The van der Waals surface area contributed by atoms with Gasteiger partial charge in [0.25, 0.3) is 0 Å². The molecular weight excluding hydrogens is 374 g/mol. The molecule has 30 heavy (non-hydrogen) atoms. The van der Waals surface area contributed by atoms with Crippen molar-refractivity contribution in [1.29, 1.82) is 0 Å². The first-order chi connectivity index (χ1) is 14.7. The summed E-state index contributed by atoms with van der Waals surface area (Å²) in [7, 11) is 0. The van der Waals surface area contributed by atoms with Gasteiger partial charge in [0.15, 0.2) is 0 Å². The van der Waals surface area contributed by atoms with Gasteiger partial charge in [-0.05, 0) is 46.2 Å². The summed E-state index contributed by atoms with van der Waals surface area (Å²) < 4.78 is 5.65. The Bertz CT molecular complexity index is 967. The monoisotopic (exact) mass is 401 g/mol. The van der Waals surface area contributed by atoms with Gasteiger partial charge in [0.1, 0.15) is 6.61 Å². The van der Waals surface area contributed by atoms with Crippen molar-refractivity contribution >= 4 is 6.09 Å². The fourth-order valence-corrected chi connectivity index (χ4v) is 4.22. The van der Waals surface area contributed by atoms with Crippen LogP contribution in [0.4, 0.5) is 4.79 Å². The first-order valence-electron chi connectivity index (χ1n) is 10.5. The van der Waals surface area contributed by atoms with Gasteiger partial charge in [0.2, 0.25) is 0 Å². The molecule has 0 aromatic heterocycles. The predicted octanol–water partition coefficient (Wildman–Crippen LogP) is 5.21. The van der Waals surface area contributed by atoms with E-state index in [1.54, 1.807) is 0 Å². The molecule has 3 aromatic rings. The van der Waals surface area contributed by atoms with Crippen LogP contribution in [0.15, 0.2) is 72.8 Å². The van der Waals surface area contributed by atoms with Crippen molar-refractivity contribution in [2.24, 2.45) is 0 Å². The molecule has 4 nitrogen and oxygen atoms in total. The number of alkyl carbamates (subject to hydrolysis) is 1. The maximum atomic E-state index is 12.6. The minimum atomic E-state index is -0.463. The summed E-state index contributed by atoms with van der Waals surface area (Å²) in [4.78, 5) is 12.6. The molecule has 1 aliphatic carbocycles. The highest BCUT2D eigenvalue weighted by Gasteiger charge is 2.29. The molecule has 0 radical (unpaired) electrons. The minimum absolute atomic E-state index is 0.0101. The van der Waals surface area contributed by atoms with Gasteiger partial charge >= 0.3 is 6.09 Å². The third kappa shape index (κ3) is 4.10. The van der Waals surface area contributed by atoms with Gasteiger partial charge in [-0.25, -0.2) is 4.79 Å². The highest BCUT2D eigenvalue weighted by Crippen LogP contribution is 2.44. The Labute approximate surface area is 177 Å². The van der Waals surface area contributed by atoms with E-state index in [9.17, 15) is 9.90 Å². The zero-order chi connectivity index (χ0) is 20.9. The third-order valence-corrected chi connectivity index (χ3v) is 5.84. The van der Waals surface area contributed by atoms with Gasteiger partial charge in [-0.1, -0.05) is 79.7 Å². The molecule has 3 aromatic carbocycles. The van der Waals surface area contributed by atoms with Crippen LogP contribution in [0.5, 0.6) is 0 Å². The molecule has 0 saturated heterocycles. The summed E-state index contributed by atoms with van der Waals surface area (Å²) in [6.07, 6.45) is 0.940. The molecule has 4 rings (SSSR count). The summed E-state index contributed by atoms with van der Waals surface area (Å²) in [6, 6.07) is 24.4. The first kappa shape index (κ1) is 20.2. The number of nitrogens with one attached hydrogen (secondary N) is 1. The number of amides is 1. The molecule has 1 atom stereocenters. The Hall–Kier alpha value is -3.11. The number of benzene rings is 3. The molecule has 1 aliphatic rings. The fraction of sp³-hybridized carbons (Fsp3) is 0.269. The molecule has 4 heteroatoms. The van der Waals surface area contributed by atoms with Gasteiger partial charge < -0.3 is 15.2 Å². The van der Waals surface area contributed by atoms with Gasteiger partial charge in [0.05, 0.1) is 6.04 Å². The van der Waals surface area contributed by atoms with Crippen LogP contribution < -0.4 is 5.32 Å². The molecule has 0 heterocycles. The Morgan fingerprint density at radius 1 is 0.967 bits per heavy atom. The van der Waals surface area contributed by atoms with Crippen molar-refractivity contribution < 1.29 is 14.6 Å². The molecule has 0 spiro atoms. The van der Waals surface area contributed by atoms with Crippen molar-refractivity contribution in [3.63, 3.8) is 0 Å². The molecule has 1 amide bonds. The van der Waals surface area contributed by atoms with E-state index in [0.717, 1.165) is 12.0 Å². The van der Waals surface area contributed by atoms with Gasteiger partial charge in [-0.15, -0.1) is 0 Å².